The normalized spacial score (nSPS) is 14.6. The lowest BCUT2D eigenvalue weighted by molar-refractivity contribution is 0.932. The summed E-state index contributed by atoms with van der Waals surface area (Å²) in [5.74, 6) is 2.58. The fourth-order valence-electron chi connectivity index (χ4n) is 1.87. The van der Waals surface area contributed by atoms with Gasteiger partial charge in [0, 0.05) is 12.5 Å². The van der Waals surface area contributed by atoms with E-state index in [1.807, 2.05) is 0 Å². The number of halogens is 1. The Labute approximate surface area is 119 Å². The number of nitrogens with zero attached hydrogens (tertiary/aromatic N) is 4. The van der Waals surface area contributed by atoms with E-state index in [1.54, 1.807) is 0 Å². The fraction of sp³-hybridized carbons (Fsp3) is 0.500. The number of hydrogen-bond donors (Lipinski definition) is 2. The maximum atomic E-state index is 4.61. The Kier molecular flexibility index (Phi) is 3.46. The topological polar surface area (TPSA) is 79.4 Å². The molecule has 3 rings (SSSR count). The molecular weight excluding hydrogens is 308 g/mol. The van der Waals surface area contributed by atoms with Crippen LogP contribution in [0.25, 0.3) is 11.6 Å². The van der Waals surface area contributed by atoms with Gasteiger partial charge in [-0.2, -0.15) is 5.10 Å². The highest BCUT2D eigenvalue weighted by Crippen LogP contribution is 2.44. The third-order valence-electron chi connectivity index (χ3n) is 3.01. The predicted octanol–water partition coefficient (Wildman–Crippen LogP) is 2.72. The summed E-state index contributed by atoms with van der Waals surface area (Å²) in [6, 6.07) is 0. The third kappa shape index (κ3) is 2.60. The Morgan fingerprint density at radius 2 is 2.26 bits per heavy atom. The zero-order valence-corrected chi connectivity index (χ0v) is 12.2. The second-order valence-electron chi connectivity index (χ2n) is 4.63. The highest BCUT2D eigenvalue weighted by molar-refractivity contribution is 9.10. The van der Waals surface area contributed by atoms with Gasteiger partial charge in [0.25, 0.3) is 0 Å². The van der Waals surface area contributed by atoms with Crippen LogP contribution in [0.3, 0.4) is 0 Å². The molecule has 0 atom stereocenters. The second-order valence-corrected chi connectivity index (χ2v) is 5.42. The molecule has 0 bridgehead atoms. The maximum Gasteiger partial charge on any atom is 0.199 e. The zero-order valence-electron chi connectivity index (χ0n) is 10.6. The first-order chi connectivity index (χ1) is 9.29. The monoisotopic (exact) mass is 322 g/mol. The molecule has 2 N–H and O–H groups in total. The van der Waals surface area contributed by atoms with Crippen molar-refractivity contribution < 1.29 is 0 Å². The molecule has 0 amide bonds. The smallest absolute Gasteiger partial charge is 0.199 e. The van der Waals surface area contributed by atoms with Crippen molar-refractivity contribution in [3.8, 4) is 11.6 Å². The van der Waals surface area contributed by atoms with Crippen molar-refractivity contribution in [1.29, 1.82) is 0 Å². The molecule has 1 aliphatic carbocycles. The summed E-state index contributed by atoms with van der Waals surface area (Å²) in [5.41, 5.74) is 1.07. The average molecular weight is 323 g/mol. The summed E-state index contributed by atoms with van der Waals surface area (Å²) in [6.07, 6.45) is 4.90. The molecule has 2 aromatic rings. The minimum absolute atomic E-state index is 0.543. The maximum absolute atomic E-state index is 4.61. The molecular formula is C12H15BrN6. The van der Waals surface area contributed by atoms with Gasteiger partial charge in [-0.15, -0.1) is 0 Å². The Morgan fingerprint density at radius 1 is 1.42 bits per heavy atom. The highest BCUT2D eigenvalue weighted by atomic mass is 79.9. The molecule has 19 heavy (non-hydrogen) atoms. The van der Waals surface area contributed by atoms with Crippen molar-refractivity contribution in [3.63, 3.8) is 0 Å². The van der Waals surface area contributed by atoms with Crippen molar-refractivity contribution in [2.45, 2.75) is 32.1 Å². The lowest BCUT2D eigenvalue weighted by atomic mass is 10.2. The Morgan fingerprint density at radius 3 is 2.89 bits per heavy atom. The molecule has 0 saturated heterocycles. The Balaban J connectivity index is 2.02. The number of rotatable bonds is 5. The average Bonchev–Trinajstić information content (AvgIpc) is 3.11. The number of anilines is 1. The minimum Gasteiger partial charge on any atom is -0.369 e. The number of aromatic nitrogens is 5. The quantitative estimate of drug-likeness (QED) is 0.884. The standard InChI is InChI=1S/C12H15BrN6/c1-2-5-14-10-8(13)9(7-3-4-7)17-12(18-10)11-15-6-16-19-11/h6-7H,2-5H2,1H3,(H,14,17,18)(H,15,16,19). The lowest BCUT2D eigenvalue weighted by Crippen LogP contribution is -2.07. The molecule has 2 heterocycles. The van der Waals surface area contributed by atoms with Crippen LogP contribution >= 0.6 is 15.9 Å². The molecule has 0 radical (unpaired) electrons. The second kappa shape index (κ2) is 5.24. The van der Waals surface area contributed by atoms with Crippen LogP contribution in [0.4, 0.5) is 5.82 Å². The van der Waals surface area contributed by atoms with Gasteiger partial charge in [0.1, 0.15) is 12.1 Å². The highest BCUT2D eigenvalue weighted by Gasteiger charge is 2.29. The summed E-state index contributed by atoms with van der Waals surface area (Å²) in [4.78, 5) is 13.3. The molecule has 100 valence electrons. The van der Waals surface area contributed by atoms with E-state index in [0.29, 0.717) is 17.6 Å². The molecule has 2 aromatic heterocycles. The van der Waals surface area contributed by atoms with E-state index in [1.165, 1.54) is 19.2 Å². The van der Waals surface area contributed by atoms with Crippen LogP contribution in [0, 0.1) is 0 Å². The SMILES string of the molecule is CCCNc1nc(-c2ncn[nH]2)nc(C2CC2)c1Br. The van der Waals surface area contributed by atoms with Crippen molar-refractivity contribution in [2.75, 3.05) is 11.9 Å². The first-order valence-electron chi connectivity index (χ1n) is 6.46. The number of H-pyrrole nitrogens is 1. The largest absolute Gasteiger partial charge is 0.369 e. The van der Waals surface area contributed by atoms with E-state index in [-0.39, 0.29) is 0 Å². The van der Waals surface area contributed by atoms with Crippen molar-refractivity contribution >= 4 is 21.7 Å². The predicted molar refractivity (Wildman–Crippen MR) is 75.9 cm³/mol. The molecule has 0 aliphatic heterocycles. The van der Waals surface area contributed by atoms with Crippen LogP contribution in [0.5, 0.6) is 0 Å². The van der Waals surface area contributed by atoms with Crippen LogP contribution in [-0.2, 0) is 0 Å². The lowest BCUT2D eigenvalue weighted by Gasteiger charge is -2.11. The van der Waals surface area contributed by atoms with Gasteiger partial charge in [-0.3, -0.25) is 5.10 Å². The summed E-state index contributed by atoms with van der Waals surface area (Å²) < 4.78 is 0.978. The molecule has 1 aliphatic rings. The number of hydrogen-bond acceptors (Lipinski definition) is 5. The molecule has 0 spiro atoms. The first-order valence-corrected chi connectivity index (χ1v) is 7.26. The van der Waals surface area contributed by atoms with E-state index in [0.717, 1.165) is 29.0 Å². The Bertz CT molecular complexity index is 564. The molecule has 1 saturated carbocycles. The van der Waals surface area contributed by atoms with Gasteiger partial charge in [0.15, 0.2) is 11.6 Å². The number of aromatic amines is 1. The van der Waals surface area contributed by atoms with Gasteiger partial charge in [0.2, 0.25) is 0 Å². The van der Waals surface area contributed by atoms with E-state index in [9.17, 15) is 0 Å². The fourth-order valence-corrected chi connectivity index (χ4v) is 2.51. The van der Waals surface area contributed by atoms with Crippen LogP contribution in [-0.4, -0.2) is 31.7 Å². The van der Waals surface area contributed by atoms with Gasteiger partial charge >= 0.3 is 0 Å². The first kappa shape index (κ1) is 12.5. The molecule has 1 fully saturated rings. The summed E-state index contributed by atoms with van der Waals surface area (Å²) >= 11 is 3.62. The van der Waals surface area contributed by atoms with Gasteiger partial charge in [-0.25, -0.2) is 15.0 Å². The van der Waals surface area contributed by atoms with Crippen molar-refractivity contribution in [3.05, 3.63) is 16.5 Å². The molecule has 7 heteroatoms. The molecule has 6 nitrogen and oxygen atoms in total. The van der Waals surface area contributed by atoms with E-state index >= 15 is 0 Å². The van der Waals surface area contributed by atoms with Crippen LogP contribution in [0.2, 0.25) is 0 Å². The molecule has 0 unspecified atom stereocenters. The van der Waals surface area contributed by atoms with Crippen LogP contribution in [0.15, 0.2) is 10.8 Å². The zero-order chi connectivity index (χ0) is 13.2. The van der Waals surface area contributed by atoms with Gasteiger partial charge in [-0.05, 0) is 35.2 Å². The van der Waals surface area contributed by atoms with Gasteiger partial charge < -0.3 is 5.32 Å². The van der Waals surface area contributed by atoms with Crippen LogP contribution < -0.4 is 5.32 Å². The van der Waals surface area contributed by atoms with Crippen molar-refractivity contribution in [1.82, 2.24) is 25.1 Å². The minimum atomic E-state index is 0.543. The third-order valence-corrected chi connectivity index (χ3v) is 3.79. The van der Waals surface area contributed by atoms with Crippen LogP contribution in [0.1, 0.15) is 37.8 Å². The summed E-state index contributed by atoms with van der Waals surface area (Å²) in [7, 11) is 0. The van der Waals surface area contributed by atoms with Crippen molar-refractivity contribution in [2.24, 2.45) is 0 Å². The molecule has 0 aromatic carbocycles. The van der Waals surface area contributed by atoms with E-state index in [4.69, 9.17) is 0 Å². The Hall–Kier alpha value is -1.50. The van der Waals surface area contributed by atoms with Gasteiger partial charge in [0.05, 0.1) is 10.2 Å². The van der Waals surface area contributed by atoms with E-state index < -0.39 is 0 Å². The summed E-state index contributed by atoms with van der Waals surface area (Å²) in [6.45, 7) is 3.01. The summed E-state index contributed by atoms with van der Waals surface area (Å²) in [5, 5.41) is 10.00. The van der Waals surface area contributed by atoms with E-state index in [2.05, 4.69) is 53.3 Å². The van der Waals surface area contributed by atoms with Gasteiger partial charge in [-0.1, -0.05) is 6.92 Å². The number of nitrogens with one attached hydrogen (secondary N) is 2.